The largest absolute Gasteiger partial charge is 0.302 e. The number of amides is 2. The number of anilines is 1. The lowest BCUT2D eigenvalue weighted by molar-refractivity contribution is -0.139. The summed E-state index contributed by atoms with van der Waals surface area (Å²) in [5.74, 6) is -4.07. The second kappa shape index (κ2) is 9.07. The molecule has 5 aromatic rings. The monoisotopic (exact) mass is 537 g/mol. The quantitative estimate of drug-likeness (QED) is 0.266. The van der Waals surface area contributed by atoms with Crippen molar-refractivity contribution in [2.24, 2.45) is 4.99 Å². The van der Waals surface area contributed by atoms with E-state index in [9.17, 15) is 24.0 Å². The first-order chi connectivity index (χ1) is 18.7. The fourth-order valence-electron chi connectivity index (χ4n) is 4.66. The number of rotatable bonds is 3. The van der Waals surface area contributed by atoms with Crippen LogP contribution in [0.3, 0.4) is 0 Å². The maximum atomic E-state index is 14.1. The number of thiazole rings is 1. The number of Topliss-reactive ketones (excluding diaryl/α,β-unsaturated/α-hetero) is 1. The van der Waals surface area contributed by atoms with E-state index in [1.807, 2.05) is 25.1 Å². The van der Waals surface area contributed by atoms with Gasteiger partial charge in [-0.3, -0.25) is 34.2 Å². The molecule has 0 unspecified atom stereocenters. The number of nitrogens with one attached hydrogen (secondary N) is 2. The number of carbonyl (C=O) groups excluding carboxylic acids is 3. The van der Waals surface area contributed by atoms with Gasteiger partial charge in [-0.15, -0.1) is 11.3 Å². The number of aliphatic imine (C=N–C) groups is 1. The summed E-state index contributed by atoms with van der Waals surface area (Å²) in [7, 11) is 0. The normalized spacial score (nSPS) is 17.1. The maximum absolute atomic E-state index is 14.1. The Bertz CT molecular complexity index is 1990. The van der Waals surface area contributed by atoms with Crippen molar-refractivity contribution in [3.63, 3.8) is 0 Å². The molecule has 0 spiro atoms. The van der Waals surface area contributed by atoms with Crippen LogP contribution >= 0.6 is 11.3 Å². The first-order valence-corrected chi connectivity index (χ1v) is 12.7. The Morgan fingerprint density at radius 1 is 0.872 bits per heavy atom. The van der Waals surface area contributed by atoms with Crippen LogP contribution in [0.2, 0.25) is 0 Å². The molecule has 2 amide bonds. The third-order valence-corrected chi connectivity index (χ3v) is 7.68. The number of hydrogen-bond acceptors (Lipinski definition) is 8. The molecule has 192 valence electrons. The minimum absolute atomic E-state index is 0.0115. The highest BCUT2D eigenvalue weighted by atomic mass is 32.1. The zero-order valence-corrected chi connectivity index (χ0v) is 21.5. The van der Waals surface area contributed by atoms with Gasteiger partial charge in [-0.05, 0) is 55.3 Å². The van der Waals surface area contributed by atoms with Crippen molar-refractivity contribution in [1.29, 1.82) is 0 Å². The number of H-pyrrole nitrogens is 2. The van der Waals surface area contributed by atoms with E-state index in [0.717, 1.165) is 15.2 Å². The zero-order chi connectivity index (χ0) is 27.4. The van der Waals surface area contributed by atoms with Crippen LogP contribution in [0.1, 0.15) is 22.1 Å². The molecule has 1 atom stereocenters. The number of piperidine rings is 1. The summed E-state index contributed by atoms with van der Waals surface area (Å²) in [5, 5.41) is 4.77. The van der Waals surface area contributed by atoms with Crippen molar-refractivity contribution in [3.8, 4) is 0 Å². The minimum Gasteiger partial charge on any atom is -0.287 e. The average Bonchev–Trinajstić information content (AvgIpc) is 3.35. The molecule has 2 aromatic heterocycles. The van der Waals surface area contributed by atoms with Gasteiger partial charge in [0.1, 0.15) is 16.6 Å². The molecule has 3 heterocycles. The molecular weight excluding hydrogens is 518 g/mol. The number of fused-ring (bicyclic) bond motifs is 2. The third-order valence-electron chi connectivity index (χ3n) is 6.58. The molecule has 6 rings (SSSR count). The first kappa shape index (κ1) is 24.3. The van der Waals surface area contributed by atoms with Crippen molar-refractivity contribution in [2.75, 3.05) is 4.90 Å². The number of benzene rings is 3. The lowest BCUT2D eigenvalue weighted by Gasteiger charge is -2.30. The lowest BCUT2D eigenvalue weighted by Crippen LogP contribution is -2.55. The second-order valence-electron chi connectivity index (χ2n) is 9.16. The van der Waals surface area contributed by atoms with Gasteiger partial charge >= 0.3 is 5.91 Å². The van der Waals surface area contributed by atoms with E-state index in [1.165, 1.54) is 29.5 Å². The van der Waals surface area contributed by atoms with E-state index < -0.39 is 34.6 Å². The molecule has 0 bridgehead atoms. The van der Waals surface area contributed by atoms with Crippen molar-refractivity contribution in [2.45, 2.75) is 19.8 Å². The van der Waals surface area contributed by atoms with Crippen LogP contribution in [0.4, 0.5) is 11.4 Å². The molecule has 3 aromatic carbocycles. The van der Waals surface area contributed by atoms with Gasteiger partial charge in [0.2, 0.25) is 5.78 Å². The topological polar surface area (TPSA) is 145 Å². The average molecular weight is 538 g/mol. The first-order valence-electron chi connectivity index (χ1n) is 11.9. The Hall–Kier alpha value is -5.03. The summed E-state index contributed by atoms with van der Waals surface area (Å²) in [4.78, 5) is 76.3. The number of aryl methyl sites for hydroxylation is 2. The van der Waals surface area contributed by atoms with Crippen LogP contribution in [0, 0.1) is 13.8 Å². The van der Waals surface area contributed by atoms with Gasteiger partial charge in [0.25, 0.3) is 17.0 Å². The van der Waals surface area contributed by atoms with Gasteiger partial charge in [0.05, 0.1) is 32.4 Å². The Kier molecular flexibility index (Phi) is 5.65. The van der Waals surface area contributed by atoms with E-state index >= 15 is 0 Å². The van der Waals surface area contributed by atoms with E-state index in [0.29, 0.717) is 11.1 Å². The van der Waals surface area contributed by atoms with Crippen LogP contribution in [0.15, 0.2) is 75.2 Å². The molecule has 0 radical (unpaired) electrons. The van der Waals surface area contributed by atoms with Gasteiger partial charge in [-0.2, -0.15) is 0 Å². The van der Waals surface area contributed by atoms with Gasteiger partial charge in [-0.1, -0.05) is 30.3 Å². The number of aromatic amines is 2. The molecule has 1 aliphatic heterocycles. The number of hydrogen-bond donors (Lipinski definition) is 2. The highest BCUT2D eigenvalue weighted by Crippen LogP contribution is 2.36. The molecule has 2 N–H and O–H groups in total. The van der Waals surface area contributed by atoms with Crippen LogP contribution < -0.4 is 16.0 Å². The number of imide groups is 1. The lowest BCUT2D eigenvalue weighted by atomic mass is 9.91. The van der Waals surface area contributed by atoms with E-state index in [-0.39, 0.29) is 32.9 Å². The van der Waals surface area contributed by atoms with Crippen molar-refractivity contribution < 1.29 is 14.4 Å². The molecular formula is C28H19N5O5S. The predicted molar refractivity (Wildman–Crippen MR) is 148 cm³/mol. The number of carbonyl (C=O) groups is 3. The van der Waals surface area contributed by atoms with Gasteiger partial charge in [0.15, 0.2) is 0 Å². The molecule has 1 fully saturated rings. The fourth-order valence-corrected chi connectivity index (χ4v) is 5.73. The van der Waals surface area contributed by atoms with Crippen LogP contribution in [-0.2, 0) is 14.4 Å². The molecule has 10 nitrogen and oxygen atoms in total. The Balaban J connectivity index is 1.63. The van der Waals surface area contributed by atoms with E-state index in [2.05, 4.69) is 20.2 Å². The molecule has 0 saturated carbocycles. The van der Waals surface area contributed by atoms with Gasteiger partial charge < -0.3 is 0 Å². The number of aromatic nitrogens is 3. The summed E-state index contributed by atoms with van der Waals surface area (Å²) in [5.41, 5.74) is 0.835. The standard InChI is InChI=1S/C28H19N5O5S/c1-13-10-11-14(2)18(12-13)33-27(37)22(29-17-8-5-6-15-20(17)25(36)32-31-24(15)35)21(23(34)28(33)38)26-30-16-7-3-4-9-19(16)39-26/h3-12,21H,1-2H3,(H,31,35)(H,32,36)/t21-/m0/s1. The molecule has 1 aliphatic rings. The Morgan fingerprint density at radius 2 is 1.64 bits per heavy atom. The molecule has 39 heavy (non-hydrogen) atoms. The number of ketones is 1. The Labute approximate surface area is 223 Å². The Morgan fingerprint density at radius 3 is 2.44 bits per heavy atom. The number of nitrogens with zero attached hydrogens (tertiary/aromatic N) is 3. The highest BCUT2D eigenvalue weighted by Gasteiger charge is 2.48. The summed E-state index contributed by atoms with van der Waals surface area (Å²) in [6, 6.07) is 16.9. The van der Waals surface area contributed by atoms with Crippen LogP contribution in [0.25, 0.3) is 21.0 Å². The van der Waals surface area contributed by atoms with Crippen LogP contribution in [0.5, 0.6) is 0 Å². The molecule has 1 saturated heterocycles. The highest BCUT2D eigenvalue weighted by molar-refractivity contribution is 7.19. The third kappa shape index (κ3) is 3.91. The SMILES string of the molecule is Cc1ccc(C)c(N2C(=O)C(=O)[C@@H](c3nc4ccccc4s3)C(=Nc3cccc4c(=O)[nH][nH]c(=O)c34)C2=O)c1. The minimum atomic E-state index is -1.39. The van der Waals surface area contributed by atoms with Gasteiger partial charge in [0, 0.05) is 0 Å². The molecule has 0 aliphatic carbocycles. The summed E-state index contributed by atoms with van der Waals surface area (Å²) in [6.45, 7) is 3.54. The van der Waals surface area contributed by atoms with Crippen molar-refractivity contribution in [3.05, 3.63) is 97.5 Å². The zero-order valence-electron chi connectivity index (χ0n) is 20.6. The summed E-state index contributed by atoms with van der Waals surface area (Å²) >= 11 is 1.18. The van der Waals surface area contributed by atoms with Crippen LogP contribution in [-0.4, -0.2) is 38.5 Å². The smallest absolute Gasteiger partial charge is 0.287 e. The maximum Gasteiger partial charge on any atom is 0.302 e. The van der Waals surface area contributed by atoms with Crippen molar-refractivity contribution in [1.82, 2.24) is 15.2 Å². The fraction of sp³-hybridized carbons (Fsp3) is 0.107. The van der Waals surface area contributed by atoms with Gasteiger partial charge in [-0.25, -0.2) is 14.9 Å². The second-order valence-corrected chi connectivity index (χ2v) is 10.2. The predicted octanol–water partition coefficient (Wildman–Crippen LogP) is 3.44. The summed E-state index contributed by atoms with van der Waals surface area (Å²) in [6.07, 6.45) is 0. The van der Waals surface area contributed by atoms with E-state index in [1.54, 1.807) is 31.2 Å². The molecule has 11 heteroatoms. The summed E-state index contributed by atoms with van der Waals surface area (Å²) < 4.78 is 0.768. The number of para-hydroxylation sites is 1. The van der Waals surface area contributed by atoms with Crippen molar-refractivity contribution >= 4 is 67.0 Å². The van der Waals surface area contributed by atoms with E-state index in [4.69, 9.17) is 0 Å².